The highest BCUT2D eigenvalue weighted by Crippen LogP contribution is 2.29. The Hall–Kier alpha value is -2.14. The first-order valence-electron chi connectivity index (χ1n) is 5.74. The van der Waals surface area contributed by atoms with E-state index in [2.05, 4.69) is 10.2 Å². The topological polar surface area (TPSA) is 133 Å². The Morgan fingerprint density at radius 3 is 1.95 bits per heavy atom. The predicted molar refractivity (Wildman–Crippen MR) is 76.7 cm³/mol. The molecule has 0 atom stereocenters. The summed E-state index contributed by atoms with van der Waals surface area (Å²) in [5.74, 6) is 0. The van der Waals surface area contributed by atoms with Crippen LogP contribution < -0.4 is 0 Å². The van der Waals surface area contributed by atoms with Gasteiger partial charge in [0.25, 0.3) is 20.2 Å². The molecule has 0 aromatic heterocycles. The SMILES string of the molecule is O=S(=O)(O)c1ccc(S(=O)(=O)O)c(N=Nc2ccccc2)c1. The Morgan fingerprint density at radius 2 is 1.41 bits per heavy atom. The van der Waals surface area contributed by atoms with Crippen LogP contribution >= 0.6 is 0 Å². The van der Waals surface area contributed by atoms with Crippen molar-refractivity contribution in [3.63, 3.8) is 0 Å². The summed E-state index contributed by atoms with van der Waals surface area (Å²) < 4.78 is 62.8. The summed E-state index contributed by atoms with van der Waals surface area (Å²) in [6.07, 6.45) is 0. The van der Waals surface area contributed by atoms with Crippen LogP contribution in [0.4, 0.5) is 11.4 Å². The van der Waals surface area contributed by atoms with Gasteiger partial charge in [0.15, 0.2) is 0 Å². The minimum atomic E-state index is -4.63. The molecular weight excluding hydrogens is 332 g/mol. The molecule has 0 bridgehead atoms. The Labute approximate surface area is 126 Å². The minimum Gasteiger partial charge on any atom is -0.282 e. The fraction of sp³-hybridized carbons (Fsp3) is 0. The molecule has 2 aromatic rings. The summed E-state index contributed by atoms with van der Waals surface area (Å²) in [5.41, 5.74) is -0.0254. The first-order chi connectivity index (χ1) is 10.2. The molecular formula is C12H10N2O6S2. The van der Waals surface area contributed by atoms with Gasteiger partial charge in [0.1, 0.15) is 10.6 Å². The molecule has 2 N–H and O–H groups in total. The van der Waals surface area contributed by atoms with Crippen LogP contribution in [0.15, 0.2) is 68.6 Å². The smallest absolute Gasteiger partial charge is 0.282 e. The van der Waals surface area contributed by atoms with E-state index in [0.29, 0.717) is 5.69 Å². The predicted octanol–water partition coefficient (Wildman–Crippen LogP) is 2.60. The van der Waals surface area contributed by atoms with Crippen LogP contribution in [0.3, 0.4) is 0 Å². The van der Waals surface area contributed by atoms with Crippen LogP contribution in [0, 0.1) is 0 Å². The highest BCUT2D eigenvalue weighted by atomic mass is 32.2. The number of benzene rings is 2. The Morgan fingerprint density at radius 1 is 0.773 bits per heavy atom. The number of hydrogen-bond donors (Lipinski definition) is 2. The summed E-state index contributed by atoms with van der Waals surface area (Å²) >= 11 is 0. The molecule has 0 amide bonds. The number of hydrogen-bond acceptors (Lipinski definition) is 6. The molecule has 22 heavy (non-hydrogen) atoms. The Balaban J connectivity index is 2.58. The van der Waals surface area contributed by atoms with Gasteiger partial charge < -0.3 is 0 Å². The molecule has 116 valence electrons. The first kappa shape index (κ1) is 16.2. The molecule has 10 heteroatoms. The van der Waals surface area contributed by atoms with E-state index >= 15 is 0 Å². The normalized spacial score (nSPS) is 12.6. The van der Waals surface area contributed by atoms with Gasteiger partial charge in [-0.15, -0.1) is 5.11 Å². The number of nitrogens with zero attached hydrogens (tertiary/aromatic N) is 2. The lowest BCUT2D eigenvalue weighted by Gasteiger charge is -2.04. The maximum absolute atomic E-state index is 11.3. The van der Waals surface area contributed by atoms with E-state index in [1.165, 1.54) is 0 Å². The fourth-order valence-corrected chi connectivity index (χ4v) is 2.66. The highest BCUT2D eigenvalue weighted by Gasteiger charge is 2.19. The summed E-state index contributed by atoms with van der Waals surface area (Å²) in [6, 6.07) is 10.7. The number of azo groups is 1. The van der Waals surface area contributed by atoms with E-state index in [4.69, 9.17) is 9.11 Å². The van der Waals surface area contributed by atoms with Crippen molar-refractivity contribution in [2.24, 2.45) is 10.2 Å². The third kappa shape index (κ3) is 3.95. The van der Waals surface area contributed by atoms with Gasteiger partial charge in [0.05, 0.1) is 10.6 Å². The maximum Gasteiger partial charge on any atom is 0.296 e. The average molecular weight is 342 g/mol. The third-order valence-corrected chi connectivity index (χ3v) is 4.29. The zero-order valence-corrected chi connectivity index (χ0v) is 12.5. The van der Waals surface area contributed by atoms with Crippen molar-refractivity contribution in [1.82, 2.24) is 0 Å². The zero-order chi connectivity index (χ0) is 16.4. The third-order valence-electron chi connectivity index (χ3n) is 2.54. The van der Waals surface area contributed by atoms with E-state index in [-0.39, 0.29) is 0 Å². The van der Waals surface area contributed by atoms with E-state index in [9.17, 15) is 16.8 Å². The van der Waals surface area contributed by atoms with E-state index in [0.717, 1.165) is 18.2 Å². The van der Waals surface area contributed by atoms with Crippen LogP contribution in [0.5, 0.6) is 0 Å². The van der Waals surface area contributed by atoms with Crippen LogP contribution in [-0.2, 0) is 20.2 Å². The fourth-order valence-electron chi connectivity index (χ4n) is 1.56. The number of rotatable bonds is 4. The molecule has 8 nitrogen and oxygen atoms in total. The van der Waals surface area contributed by atoms with Gasteiger partial charge in [-0.05, 0) is 30.3 Å². The molecule has 0 spiro atoms. The second-order valence-electron chi connectivity index (χ2n) is 4.12. The zero-order valence-electron chi connectivity index (χ0n) is 10.9. The second kappa shape index (κ2) is 5.93. The van der Waals surface area contributed by atoms with Crippen LogP contribution in [-0.4, -0.2) is 25.9 Å². The largest absolute Gasteiger partial charge is 0.296 e. The molecule has 0 unspecified atom stereocenters. The van der Waals surface area contributed by atoms with Crippen molar-refractivity contribution in [3.05, 3.63) is 48.5 Å². The summed E-state index contributed by atoms with van der Waals surface area (Å²) in [6.45, 7) is 0. The van der Waals surface area contributed by atoms with E-state index in [1.807, 2.05) is 0 Å². The summed E-state index contributed by atoms with van der Waals surface area (Å²) in [5, 5.41) is 7.37. The van der Waals surface area contributed by atoms with Gasteiger partial charge in [-0.3, -0.25) is 9.11 Å². The standard InChI is InChI=1S/C12H10N2O6S2/c15-21(16,17)10-6-7-12(22(18,19)20)11(8-10)14-13-9-4-2-1-3-5-9/h1-8H,(H,15,16,17)(H,18,19,20). The molecule has 0 fully saturated rings. The van der Waals surface area contributed by atoms with Crippen LogP contribution in [0.25, 0.3) is 0 Å². The monoisotopic (exact) mass is 342 g/mol. The lowest BCUT2D eigenvalue weighted by Crippen LogP contribution is -2.02. The summed E-state index contributed by atoms with van der Waals surface area (Å²) in [4.78, 5) is -1.19. The molecule has 2 aromatic carbocycles. The average Bonchev–Trinajstić information content (AvgIpc) is 2.44. The lowest BCUT2D eigenvalue weighted by atomic mass is 10.3. The van der Waals surface area contributed by atoms with Gasteiger partial charge in [-0.1, -0.05) is 18.2 Å². The Bertz CT molecular complexity index is 921. The highest BCUT2D eigenvalue weighted by molar-refractivity contribution is 7.86. The van der Waals surface area contributed by atoms with E-state index < -0.39 is 35.7 Å². The first-order valence-corrected chi connectivity index (χ1v) is 8.62. The van der Waals surface area contributed by atoms with Crippen molar-refractivity contribution in [2.45, 2.75) is 9.79 Å². The maximum atomic E-state index is 11.3. The molecule has 0 aliphatic heterocycles. The Kier molecular flexibility index (Phi) is 4.37. The van der Waals surface area contributed by atoms with Gasteiger partial charge in [0, 0.05) is 0 Å². The molecule has 2 rings (SSSR count). The molecule has 0 saturated heterocycles. The minimum absolute atomic E-state index is 0.390. The van der Waals surface area contributed by atoms with Gasteiger partial charge in [0.2, 0.25) is 0 Å². The van der Waals surface area contributed by atoms with E-state index in [1.54, 1.807) is 30.3 Å². The summed E-state index contributed by atoms with van der Waals surface area (Å²) in [7, 11) is -9.18. The van der Waals surface area contributed by atoms with Gasteiger partial charge >= 0.3 is 0 Å². The van der Waals surface area contributed by atoms with Gasteiger partial charge in [-0.25, -0.2) is 0 Å². The van der Waals surface area contributed by atoms with Crippen LogP contribution in [0.1, 0.15) is 0 Å². The lowest BCUT2D eigenvalue weighted by molar-refractivity contribution is 0.478. The quantitative estimate of drug-likeness (QED) is 0.648. The van der Waals surface area contributed by atoms with Crippen LogP contribution in [0.2, 0.25) is 0 Å². The molecule has 0 aliphatic rings. The van der Waals surface area contributed by atoms with Gasteiger partial charge in [-0.2, -0.15) is 21.9 Å². The van der Waals surface area contributed by atoms with Crippen molar-refractivity contribution in [1.29, 1.82) is 0 Å². The molecule has 0 radical (unpaired) electrons. The van der Waals surface area contributed by atoms with Crippen molar-refractivity contribution in [2.75, 3.05) is 0 Å². The second-order valence-corrected chi connectivity index (χ2v) is 6.93. The molecule has 0 aliphatic carbocycles. The van der Waals surface area contributed by atoms with Crippen molar-refractivity contribution < 1.29 is 25.9 Å². The van der Waals surface area contributed by atoms with Crippen molar-refractivity contribution in [3.8, 4) is 0 Å². The van der Waals surface area contributed by atoms with Crippen molar-refractivity contribution >= 4 is 31.6 Å². The molecule has 0 heterocycles. The molecule has 0 saturated carbocycles.